The summed E-state index contributed by atoms with van der Waals surface area (Å²) in [6.07, 6.45) is -0.911. The number of aliphatic hydroxyl groups is 3. The van der Waals surface area contributed by atoms with E-state index < -0.39 is 18.3 Å². The Morgan fingerprint density at radius 2 is 1.78 bits per heavy atom. The van der Waals surface area contributed by atoms with E-state index in [2.05, 4.69) is 5.32 Å². The van der Waals surface area contributed by atoms with Crippen LogP contribution >= 0.6 is 0 Å². The van der Waals surface area contributed by atoms with E-state index in [1.165, 1.54) is 0 Å². The summed E-state index contributed by atoms with van der Waals surface area (Å²) in [5, 5.41) is 32.0. The zero-order valence-corrected chi connectivity index (χ0v) is 10.7. The maximum Gasteiger partial charge on any atom is 0.103 e. The van der Waals surface area contributed by atoms with E-state index in [1.54, 1.807) is 0 Å². The largest absolute Gasteiger partial charge is 0.391 e. The fraction of sp³-hybridized carbons (Fsp3) is 1.00. The molecule has 6 heteroatoms. The lowest BCUT2D eigenvalue weighted by Gasteiger charge is -2.35. The lowest BCUT2D eigenvalue weighted by atomic mass is 10.0. The number of nitrogens with one attached hydrogen (secondary N) is 1. The van der Waals surface area contributed by atoms with Crippen LogP contribution in [-0.4, -0.2) is 71.6 Å². The van der Waals surface area contributed by atoms with Gasteiger partial charge in [-0.3, -0.25) is 0 Å². The highest BCUT2D eigenvalue weighted by atomic mass is 16.5. The minimum Gasteiger partial charge on any atom is -0.391 e. The summed E-state index contributed by atoms with van der Waals surface area (Å²) in [4.78, 5) is 0. The molecular weight excluding hydrogens is 238 g/mol. The first-order valence-corrected chi connectivity index (χ1v) is 6.57. The predicted molar refractivity (Wildman–Crippen MR) is 64.2 cm³/mol. The Kier molecular flexibility index (Phi) is 4.94. The van der Waals surface area contributed by atoms with Crippen molar-refractivity contribution >= 4 is 0 Å². The second-order valence-corrected chi connectivity index (χ2v) is 5.29. The van der Waals surface area contributed by atoms with Crippen molar-refractivity contribution in [1.82, 2.24) is 5.32 Å². The van der Waals surface area contributed by atoms with Crippen molar-refractivity contribution in [2.45, 2.75) is 56.3 Å². The molecule has 106 valence electrons. The van der Waals surface area contributed by atoms with Gasteiger partial charge in [0.2, 0.25) is 0 Å². The van der Waals surface area contributed by atoms with Crippen LogP contribution in [0.25, 0.3) is 0 Å². The van der Waals surface area contributed by atoms with Gasteiger partial charge in [-0.1, -0.05) is 0 Å². The number of rotatable bonds is 3. The quantitative estimate of drug-likeness (QED) is 0.501. The highest BCUT2D eigenvalue weighted by molar-refractivity contribution is 4.85. The SMILES string of the molecule is CC1CC(O)C(NCC2CC(O)C(O)CO2)CO1. The van der Waals surface area contributed by atoms with Crippen molar-refractivity contribution in [3.63, 3.8) is 0 Å². The first-order valence-electron chi connectivity index (χ1n) is 6.57. The standard InChI is InChI=1S/C12H23NO5/c1-7-2-10(14)9(5-17-7)13-4-8-3-11(15)12(16)6-18-8/h7-16H,2-6H2,1H3. The van der Waals surface area contributed by atoms with Crippen LogP contribution in [0.5, 0.6) is 0 Å². The van der Waals surface area contributed by atoms with Gasteiger partial charge in [-0.25, -0.2) is 0 Å². The van der Waals surface area contributed by atoms with Crippen LogP contribution in [-0.2, 0) is 9.47 Å². The fourth-order valence-electron chi connectivity index (χ4n) is 2.41. The van der Waals surface area contributed by atoms with Crippen molar-refractivity contribution in [3.8, 4) is 0 Å². The highest BCUT2D eigenvalue weighted by Crippen LogP contribution is 2.16. The summed E-state index contributed by atoms with van der Waals surface area (Å²) in [5.41, 5.74) is 0. The fourth-order valence-corrected chi connectivity index (χ4v) is 2.41. The molecule has 0 aromatic carbocycles. The van der Waals surface area contributed by atoms with Crippen molar-refractivity contribution in [2.75, 3.05) is 19.8 Å². The van der Waals surface area contributed by atoms with E-state index in [9.17, 15) is 15.3 Å². The van der Waals surface area contributed by atoms with Gasteiger partial charge in [-0.15, -0.1) is 0 Å². The average Bonchev–Trinajstić information content (AvgIpc) is 2.32. The Hall–Kier alpha value is -0.240. The Balaban J connectivity index is 1.71. The predicted octanol–water partition coefficient (Wildman–Crippen LogP) is -1.37. The summed E-state index contributed by atoms with van der Waals surface area (Å²) >= 11 is 0. The van der Waals surface area contributed by atoms with Crippen LogP contribution in [0.3, 0.4) is 0 Å². The molecule has 2 rings (SSSR count). The van der Waals surface area contributed by atoms with Crippen LogP contribution in [0.2, 0.25) is 0 Å². The monoisotopic (exact) mass is 261 g/mol. The molecule has 2 aliphatic heterocycles. The summed E-state index contributed by atoms with van der Waals surface area (Å²) in [6, 6.07) is -0.0891. The molecule has 6 nitrogen and oxygen atoms in total. The Morgan fingerprint density at radius 3 is 2.44 bits per heavy atom. The molecule has 0 aliphatic carbocycles. The van der Waals surface area contributed by atoms with Gasteiger partial charge in [0, 0.05) is 19.4 Å². The molecule has 6 atom stereocenters. The average molecular weight is 261 g/mol. The maximum atomic E-state index is 9.89. The molecule has 0 spiro atoms. The third-order valence-corrected chi connectivity index (χ3v) is 3.66. The molecule has 0 aromatic heterocycles. The molecule has 2 aliphatic rings. The van der Waals surface area contributed by atoms with E-state index >= 15 is 0 Å². The van der Waals surface area contributed by atoms with Gasteiger partial charge in [0.15, 0.2) is 0 Å². The van der Waals surface area contributed by atoms with Crippen molar-refractivity contribution in [1.29, 1.82) is 0 Å². The van der Waals surface area contributed by atoms with Gasteiger partial charge < -0.3 is 30.1 Å². The molecule has 0 aromatic rings. The normalized spacial score (nSPS) is 46.0. The van der Waals surface area contributed by atoms with Crippen LogP contribution in [0.4, 0.5) is 0 Å². The molecule has 2 heterocycles. The molecule has 6 unspecified atom stereocenters. The molecule has 0 amide bonds. The molecule has 0 saturated carbocycles. The molecule has 2 fully saturated rings. The maximum absolute atomic E-state index is 9.89. The summed E-state index contributed by atoms with van der Waals surface area (Å²) in [5.74, 6) is 0. The molecule has 4 N–H and O–H groups in total. The van der Waals surface area contributed by atoms with Gasteiger partial charge in [0.05, 0.1) is 43.7 Å². The molecule has 0 bridgehead atoms. The van der Waals surface area contributed by atoms with E-state index in [0.29, 0.717) is 26.0 Å². The van der Waals surface area contributed by atoms with E-state index in [4.69, 9.17) is 9.47 Å². The molecular formula is C12H23NO5. The molecule has 18 heavy (non-hydrogen) atoms. The number of aliphatic hydroxyl groups excluding tert-OH is 3. The Labute approximate surface area is 107 Å². The van der Waals surface area contributed by atoms with E-state index in [1.807, 2.05) is 6.92 Å². The van der Waals surface area contributed by atoms with Gasteiger partial charge in [-0.2, -0.15) is 0 Å². The van der Waals surface area contributed by atoms with Gasteiger partial charge >= 0.3 is 0 Å². The van der Waals surface area contributed by atoms with Crippen molar-refractivity contribution in [2.24, 2.45) is 0 Å². The van der Waals surface area contributed by atoms with Crippen LogP contribution in [0.15, 0.2) is 0 Å². The van der Waals surface area contributed by atoms with Gasteiger partial charge in [0.1, 0.15) is 6.10 Å². The smallest absolute Gasteiger partial charge is 0.103 e. The first kappa shape index (κ1) is 14.2. The summed E-state index contributed by atoms with van der Waals surface area (Å²) in [7, 11) is 0. The van der Waals surface area contributed by atoms with E-state index in [-0.39, 0.29) is 24.9 Å². The van der Waals surface area contributed by atoms with Crippen molar-refractivity contribution in [3.05, 3.63) is 0 Å². The van der Waals surface area contributed by atoms with Crippen LogP contribution in [0, 0.1) is 0 Å². The summed E-state index contributed by atoms with van der Waals surface area (Å²) in [6.45, 7) is 3.14. The van der Waals surface area contributed by atoms with Crippen LogP contribution in [0.1, 0.15) is 19.8 Å². The lowest BCUT2D eigenvalue weighted by Crippen LogP contribution is -2.53. The number of ether oxygens (including phenoxy) is 2. The lowest BCUT2D eigenvalue weighted by molar-refractivity contribution is -0.122. The third-order valence-electron chi connectivity index (χ3n) is 3.66. The highest BCUT2D eigenvalue weighted by Gasteiger charge is 2.31. The number of hydrogen-bond donors (Lipinski definition) is 4. The minimum atomic E-state index is -0.786. The van der Waals surface area contributed by atoms with Crippen molar-refractivity contribution < 1.29 is 24.8 Å². The van der Waals surface area contributed by atoms with Gasteiger partial charge in [-0.05, 0) is 6.92 Å². The zero-order valence-electron chi connectivity index (χ0n) is 10.7. The Morgan fingerprint density at radius 1 is 1.00 bits per heavy atom. The van der Waals surface area contributed by atoms with E-state index in [0.717, 1.165) is 0 Å². The minimum absolute atomic E-state index is 0.0891. The first-order chi connectivity index (χ1) is 8.56. The summed E-state index contributed by atoms with van der Waals surface area (Å²) < 4.78 is 10.9. The molecule has 0 radical (unpaired) electrons. The molecule has 2 saturated heterocycles. The van der Waals surface area contributed by atoms with Gasteiger partial charge in [0.25, 0.3) is 0 Å². The second kappa shape index (κ2) is 6.27. The second-order valence-electron chi connectivity index (χ2n) is 5.29. The number of hydrogen-bond acceptors (Lipinski definition) is 6. The topological polar surface area (TPSA) is 91.2 Å². The Bertz CT molecular complexity index is 265. The van der Waals surface area contributed by atoms with Crippen LogP contribution < -0.4 is 5.32 Å². The third kappa shape index (κ3) is 3.63. The zero-order chi connectivity index (χ0) is 13.1.